The minimum atomic E-state index is -0.505. The van der Waals surface area contributed by atoms with Crippen LogP contribution in [0.5, 0.6) is 5.75 Å². The average Bonchev–Trinajstić information content (AvgIpc) is 3.29. The molecule has 2 aromatic rings. The number of carbonyl (C=O) groups excluding carboxylic acids is 2. The normalized spacial score (nSPS) is 24.8. The second-order valence-electron chi connectivity index (χ2n) is 9.64. The van der Waals surface area contributed by atoms with Gasteiger partial charge in [0, 0.05) is 12.2 Å². The van der Waals surface area contributed by atoms with Crippen LogP contribution in [0, 0.1) is 0 Å². The van der Waals surface area contributed by atoms with E-state index in [2.05, 4.69) is 12.1 Å². The molecule has 0 unspecified atom stereocenters. The van der Waals surface area contributed by atoms with Crippen molar-refractivity contribution >= 4 is 17.5 Å². The van der Waals surface area contributed by atoms with Crippen molar-refractivity contribution in [3.63, 3.8) is 0 Å². The molecule has 6 nitrogen and oxygen atoms in total. The molecule has 2 aliphatic heterocycles. The number of anilines is 1. The van der Waals surface area contributed by atoms with E-state index in [0.717, 1.165) is 49.1 Å². The molecule has 2 saturated heterocycles. The van der Waals surface area contributed by atoms with Crippen molar-refractivity contribution in [2.45, 2.75) is 49.5 Å². The van der Waals surface area contributed by atoms with Gasteiger partial charge in [0.1, 0.15) is 18.0 Å². The van der Waals surface area contributed by atoms with Crippen molar-refractivity contribution in [1.29, 1.82) is 0 Å². The number of amides is 2. The van der Waals surface area contributed by atoms with Crippen LogP contribution in [0.4, 0.5) is 5.69 Å². The number of morpholine rings is 1. The van der Waals surface area contributed by atoms with Gasteiger partial charge in [0.2, 0.25) is 5.91 Å². The van der Waals surface area contributed by atoms with Crippen LogP contribution in [0.3, 0.4) is 0 Å². The minimum Gasteiger partial charge on any atom is -0.497 e. The van der Waals surface area contributed by atoms with E-state index < -0.39 is 11.0 Å². The number of carbonyl (C=O) groups is 2. The number of ether oxygens (including phenoxy) is 2. The number of benzene rings is 2. The highest BCUT2D eigenvalue weighted by molar-refractivity contribution is 5.95. The van der Waals surface area contributed by atoms with E-state index in [1.807, 2.05) is 52.3 Å². The van der Waals surface area contributed by atoms with Crippen LogP contribution < -0.4 is 9.64 Å². The fourth-order valence-electron chi connectivity index (χ4n) is 5.82. The maximum Gasteiger partial charge on any atom is 0.253 e. The molecule has 0 aromatic heterocycles. The topological polar surface area (TPSA) is 59.1 Å². The SMILES string of the molecule is COc1ccc(C2(C(=O)N3CC[C@]4(C3)CN(c3ccccc3)C(=O)CO4)CCCCC2)cc1. The van der Waals surface area contributed by atoms with Gasteiger partial charge in [0.25, 0.3) is 5.91 Å². The Hall–Kier alpha value is -2.86. The van der Waals surface area contributed by atoms with Gasteiger partial charge in [0.05, 0.1) is 25.6 Å². The monoisotopic (exact) mass is 448 g/mol. The molecule has 1 aliphatic carbocycles. The predicted octanol–water partition coefficient (Wildman–Crippen LogP) is 3.93. The maximum atomic E-state index is 14.1. The summed E-state index contributed by atoms with van der Waals surface area (Å²) in [6, 6.07) is 17.8. The number of hydrogen-bond acceptors (Lipinski definition) is 4. The van der Waals surface area contributed by atoms with Crippen LogP contribution >= 0.6 is 0 Å². The van der Waals surface area contributed by atoms with Crippen molar-refractivity contribution in [2.75, 3.05) is 38.3 Å². The average molecular weight is 449 g/mol. The molecule has 6 heteroatoms. The summed E-state index contributed by atoms with van der Waals surface area (Å²) in [5.41, 5.74) is 0.978. The van der Waals surface area contributed by atoms with Gasteiger partial charge in [0.15, 0.2) is 0 Å². The van der Waals surface area contributed by atoms with Gasteiger partial charge in [-0.05, 0) is 49.1 Å². The number of rotatable bonds is 4. The third-order valence-electron chi connectivity index (χ3n) is 7.68. The summed E-state index contributed by atoms with van der Waals surface area (Å²) in [6.07, 6.45) is 5.78. The largest absolute Gasteiger partial charge is 0.497 e. The smallest absolute Gasteiger partial charge is 0.253 e. The summed E-state index contributed by atoms with van der Waals surface area (Å²) in [4.78, 5) is 30.5. The molecule has 0 radical (unpaired) electrons. The van der Waals surface area contributed by atoms with Gasteiger partial charge >= 0.3 is 0 Å². The molecular weight excluding hydrogens is 416 g/mol. The first-order chi connectivity index (χ1) is 16.1. The first-order valence-corrected chi connectivity index (χ1v) is 12.0. The Morgan fingerprint density at radius 2 is 1.67 bits per heavy atom. The zero-order valence-corrected chi connectivity index (χ0v) is 19.3. The number of hydrogen-bond donors (Lipinski definition) is 0. The zero-order valence-electron chi connectivity index (χ0n) is 19.3. The molecule has 1 spiro atoms. The van der Waals surface area contributed by atoms with E-state index in [1.54, 1.807) is 7.11 Å². The molecule has 0 bridgehead atoms. The third kappa shape index (κ3) is 4.01. The third-order valence-corrected chi connectivity index (χ3v) is 7.68. The lowest BCUT2D eigenvalue weighted by atomic mass is 9.68. The molecule has 3 aliphatic rings. The van der Waals surface area contributed by atoms with Crippen LogP contribution in [0.25, 0.3) is 0 Å². The molecule has 2 heterocycles. The molecule has 5 rings (SSSR count). The minimum absolute atomic E-state index is 0.0291. The highest BCUT2D eigenvalue weighted by Crippen LogP contribution is 2.43. The van der Waals surface area contributed by atoms with Crippen molar-refractivity contribution < 1.29 is 19.1 Å². The van der Waals surface area contributed by atoms with E-state index in [4.69, 9.17) is 9.47 Å². The Labute approximate surface area is 195 Å². The maximum absolute atomic E-state index is 14.1. The van der Waals surface area contributed by atoms with Crippen LogP contribution in [-0.2, 0) is 19.7 Å². The highest BCUT2D eigenvalue weighted by atomic mass is 16.5. The van der Waals surface area contributed by atoms with Gasteiger partial charge in [-0.25, -0.2) is 0 Å². The van der Waals surface area contributed by atoms with Crippen LogP contribution in [-0.4, -0.2) is 55.7 Å². The standard InChI is InChI=1S/C27H32N2O4/c1-32-23-12-10-21(11-13-23)27(14-6-3-7-15-27)25(31)28-17-16-26(19-28)20-29(24(30)18-33-26)22-8-4-2-5-9-22/h2,4-5,8-13H,3,6-7,14-20H2,1H3/t26-/m0/s1. The number of methoxy groups -OCH3 is 1. The molecule has 1 saturated carbocycles. The quantitative estimate of drug-likeness (QED) is 0.711. The summed E-state index contributed by atoms with van der Waals surface area (Å²) in [5.74, 6) is 0.980. The van der Waals surface area contributed by atoms with Gasteiger partial charge in [-0.1, -0.05) is 49.6 Å². The Kier molecular flexibility index (Phi) is 5.87. The fourth-order valence-corrected chi connectivity index (χ4v) is 5.82. The Bertz CT molecular complexity index is 1000. The van der Waals surface area contributed by atoms with Gasteiger partial charge < -0.3 is 19.3 Å². The Balaban J connectivity index is 1.38. The van der Waals surface area contributed by atoms with Crippen LogP contribution in [0.2, 0.25) is 0 Å². The summed E-state index contributed by atoms with van der Waals surface area (Å²) < 4.78 is 11.5. The van der Waals surface area contributed by atoms with Crippen molar-refractivity contribution in [1.82, 2.24) is 4.90 Å². The predicted molar refractivity (Wildman–Crippen MR) is 126 cm³/mol. The lowest BCUT2D eigenvalue weighted by Gasteiger charge is -2.42. The summed E-state index contributed by atoms with van der Waals surface area (Å²) in [5, 5.41) is 0. The molecular formula is C27H32N2O4. The zero-order chi connectivity index (χ0) is 22.9. The second kappa shape index (κ2) is 8.82. The first-order valence-electron chi connectivity index (χ1n) is 12.0. The molecule has 174 valence electrons. The van der Waals surface area contributed by atoms with Crippen molar-refractivity contribution in [3.05, 3.63) is 60.2 Å². The van der Waals surface area contributed by atoms with Gasteiger partial charge in [-0.15, -0.1) is 0 Å². The Morgan fingerprint density at radius 1 is 0.939 bits per heavy atom. The van der Waals surface area contributed by atoms with E-state index in [0.29, 0.717) is 19.6 Å². The van der Waals surface area contributed by atoms with Crippen molar-refractivity contribution in [2.24, 2.45) is 0 Å². The molecule has 1 atom stereocenters. The number of nitrogens with zero attached hydrogens (tertiary/aromatic N) is 2. The van der Waals surface area contributed by atoms with Gasteiger partial charge in [-0.3, -0.25) is 9.59 Å². The summed E-state index contributed by atoms with van der Waals surface area (Å²) in [7, 11) is 1.66. The Morgan fingerprint density at radius 3 is 2.36 bits per heavy atom. The molecule has 3 fully saturated rings. The fraction of sp³-hybridized carbons (Fsp3) is 0.481. The summed E-state index contributed by atoms with van der Waals surface area (Å²) >= 11 is 0. The molecule has 2 amide bonds. The van der Waals surface area contributed by atoms with E-state index in [-0.39, 0.29) is 18.4 Å². The molecule has 33 heavy (non-hydrogen) atoms. The first kappa shape index (κ1) is 22.0. The second-order valence-corrected chi connectivity index (χ2v) is 9.64. The van der Waals surface area contributed by atoms with Crippen LogP contribution in [0.1, 0.15) is 44.1 Å². The number of para-hydroxylation sites is 1. The van der Waals surface area contributed by atoms with E-state index in [9.17, 15) is 9.59 Å². The summed E-state index contributed by atoms with van der Waals surface area (Å²) in [6.45, 7) is 1.73. The van der Waals surface area contributed by atoms with Gasteiger partial charge in [-0.2, -0.15) is 0 Å². The lowest BCUT2D eigenvalue weighted by molar-refractivity contribution is -0.142. The van der Waals surface area contributed by atoms with Crippen molar-refractivity contribution in [3.8, 4) is 5.75 Å². The lowest BCUT2D eigenvalue weighted by Crippen LogP contribution is -2.57. The van der Waals surface area contributed by atoms with E-state index >= 15 is 0 Å². The van der Waals surface area contributed by atoms with E-state index in [1.165, 1.54) is 6.42 Å². The highest BCUT2D eigenvalue weighted by Gasteiger charge is 2.51. The van der Waals surface area contributed by atoms with Crippen LogP contribution in [0.15, 0.2) is 54.6 Å². The number of likely N-dealkylation sites (tertiary alicyclic amines) is 1. The molecule has 0 N–H and O–H groups in total. The molecule has 2 aromatic carbocycles.